The van der Waals surface area contributed by atoms with Crippen molar-refractivity contribution in [1.82, 2.24) is 0 Å². The maximum absolute atomic E-state index is 12.8. The molecule has 0 aliphatic carbocycles. The number of hydrogen-bond donors (Lipinski definition) is 2. The second-order valence-electron chi connectivity index (χ2n) is 5.44. The second kappa shape index (κ2) is 7.10. The van der Waals surface area contributed by atoms with Crippen molar-refractivity contribution in [2.45, 2.75) is 18.0 Å². The summed E-state index contributed by atoms with van der Waals surface area (Å²) in [5.41, 5.74) is -6.39. The Morgan fingerprint density at radius 3 is 1.93 bits per heavy atom. The molecule has 0 radical (unpaired) electrons. The van der Waals surface area contributed by atoms with E-state index < -0.39 is 29.4 Å². The van der Waals surface area contributed by atoms with Crippen LogP contribution >= 0.6 is 0 Å². The minimum absolute atomic E-state index is 0.0682. The minimum atomic E-state index is -5.98. The molecule has 0 aliphatic rings. The molecule has 10 heteroatoms. The number of anilines is 1. The van der Waals surface area contributed by atoms with Gasteiger partial charge in [0.05, 0.1) is 12.7 Å². The average Bonchev–Trinajstić information content (AvgIpc) is 2.59. The summed E-state index contributed by atoms with van der Waals surface area (Å²) in [4.78, 5) is 12.2. The fraction of sp³-hybridized carbons (Fsp3) is 0.235. The quantitative estimate of drug-likeness (QED) is 0.764. The highest BCUT2D eigenvalue weighted by Gasteiger charge is 2.71. The van der Waals surface area contributed by atoms with Gasteiger partial charge in [-0.15, -0.1) is 0 Å². The van der Waals surface area contributed by atoms with Crippen molar-refractivity contribution in [1.29, 1.82) is 0 Å². The Hall–Kier alpha value is -2.75. The summed E-state index contributed by atoms with van der Waals surface area (Å²) in [6.07, 6.45) is -12.0. The second-order valence-corrected chi connectivity index (χ2v) is 5.44. The third-order valence-corrected chi connectivity index (χ3v) is 3.73. The maximum Gasteiger partial charge on any atom is 0.430 e. The zero-order valence-electron chi connectivity index (χ0n) is 13.7. The van der Waals surface area contributed by atoms with Gasteiger partial charge in [-0.1, -0.05) is 24.3 Å². The van der Waals surface area contributed by atoms with Gasteiger partial charge in [0.1, 0.15) is 5.75 Å². The molecule has 0 saturated carbocycles. The summed E-state index contributed by atoms with van der Waals surface area (Å²) in [5, 5.41) is 11.6. The van der Waals surface area contributed by atoms with Gasteiger partial charge in [-0.05, 0) is 24.3 Å². The van der Waals surface area contributed by atoms with E-state index in [0.29, 0.717) is 12.1 Å². The highest BCUT2D eigenvalue weighted by Crippen LogP contribution is 2.50. The number of hydrogen-bond acceptors (Lipinski definition) is 3. The first-order valence-corrected chi connectivity index (χ1v) is 7.32. The van der Waals surface area contributed by atoms with E-state index in [-0.39, 0.29) is 17.0 Å². The number of nitrogens with one attached hydrogen (secondary N) is 1. The van der Waals surface area contributed by atoms with Crippen LogP contribution in [0.25, 0.3) is 0 Å². The van der Waals surface area contributed by atoms with Gasteiger partial charge < -0.3 is 15.2 Å². The highest BCUT2D eigenvalue weighted by molar-refractivity contribution is 6.06. The lowest BCUT2D eigenvalue weighted by Gasteiger charge is -2.32. The smallest absolute Gasteiger partial charge is 0.430 e. The minimum Gasteiger partial charge on any atom is -0.496 e. The molecule has 0 aromatic heterocycles. The molecular formula is C17H13F6NO3. The zero-order valence-corrected chi connectivity index (χ0v) is 13.7. The van der Waals surface area contributed by atoms with E-state index >= 15 is 0 Å². The molecule has 0 aliphatic heterocycles. The van der Waals surface area contributed by atoms with Gasteiger partial charge in [0.2, 0.25) is 0 Å². The number of ether oxygens (including phenoxy) is 1. The predicted octanol–water partition coefficient (Wildman–Crippen LogP) is 4.26. The van der Waals surface area contributed by atoms with E-state index in [1.807, 2.05) is 0 Å². The lowest BCUT2D eigenvalue weighted by atomic mass is 9.92. The Morgan fingerprint density at radius 1 is 0.926 bits per heavy atom. The average molecular weight is 393 g/mol. The Balaban J connectivity index is 2.31. The Morgan fingerprint density at radius 2 is 1.44 bits per heavy atom. The molecular weight excluding hydrogens is 380 g/mol. The number of carbonyl (C=O) groups is 1. The van der Waals surface area contributed by atoms with Crippen molar-refractivity contribution in [3.8, 4) is 5.75 Å². The topological polar surface area (TPSA) is 58.6 Å². The van der Waals surface area contributed by atoms with E-state index in [1.54, 1.807) is 12.1 Å². The van der Waals surface area contributed by atoms with Gasteiger partial charge >= 0.3 is 12.4 Å². The molecule has 0 atom stereocenters. The van der Waals surface area contributed by atoms with Gasteiger partial charge in [0, 0.05) is 11.3 Å². The molecule has 1 amide bonds. The van der Waals surface area contributed by atoms with Gasteiger partial charge in [0.15, 0.2) is 0 Å². The molecule has 0 unspecified atom stereocenters. The van der Waals surface area contributed by atoms with E-state index in [4.69, 9.17) is 4.74 Å². The third kappa shape index (κ3) is 3.85. The van der Waals surface area contributed by atoms with Gasteiger partial charge in [-0.3, -0.25) is 4.79 Å². The van der Waals surface area contributed by atoms with Gasteiger partial charge in [-0.25, -0.2) is 0 Å². The van der Waals surface area contributed by atoms with Gasteiger partial charge in [0.25, 0.3) is 11.5 Å². The van der Waals surface area contributed by atoms with Crippen molar-refractivity contribution >= 4 is 11.6 Å². The lowest BCUT2D eigenvalue weighted by molar-refractivity contribution is -0.376. The van der Waals surface area contributed by atoms with Crippen molar-refractivity contribution in [2.24, 2.45) is 0 Å². The summed E-state index contributed by atoms with van der Waals surface area (Å²) in [7, 11) is 1.33. The van der Waals surface area contributed by atoms with Crippen LogP contribution in [0, 0.1) is 0 Å². The van der Waals surface area contributed by atoms with Crippen LogP contribution in [0.4, 0.5) is 32.0 Å². The Kier molecular flexibility index (Phi) is 5.41. The van der Waals surface area contributed by atoms with E-state index in [2.05, 4.69) is 5.32 Å². The van der Waals surface area contributed by atoms with Crippen molar-refractivity contribution in [2.75, 3.05) is 12.4 Å². The maximum atomic E-state index is 12.8. The molecule has 2 N–H and O–H groups in total. The first-order chi connectivity index (χ1) is 12.4. The van der Waals surface area contributed by atoms with Crippen LogP contribution in [-0.2, 0) is 5.60 Å². The van der Waals surface area contributed by atoms with Crippen molar-refractivity contribution in [3.63, 3.8) is 0 Å². The first-order valence-electron chi connectivity index (χ1n) is 7.32. The number of benzene rings is 2. The van der Waals surface area contributed by atoms with Crippen LogP contribution in [-0.4, -0.2) is 30.5 Å². The van der Waals surface area contributed by atoms with E-state index in [9.17, 15) is 36.2 Å². The zero-order chi connectivity index (χ0) is 20.5. The predicted molar refractivity (Wildman–Crippen MR) is 83.4 cm³/mol. The SMILES string of the molecule is COc1ccccc1C(=O)Nc1ccc(C(O)(C(F)(F)F)C(F)(F)F)cc1. The molecule has 0 spiro atoms. The number of aliphatic hydroxyl groups is 1. The number of halogens is 6. The molecule has 2 aromatic carbocycles. The number of amides is 1. The largest absolute Gasteiger partial charge is 0.496 e. The summed E-state index contributed by atoms with van der Waals surface area (Å²) in [6.45, 7) is 0. The molecule has 2 aromatic rings. The van der Waals surface area contributed by atoms with Crippen LogP contribution in [0.3, 0.4) is 0 Å². The normalized spacial score (nSPS) is 12.6. The fourth-order valence-electron chi connectivity index (χ4n) is 2.31. The van der Waals surface area contributed by atoms with Crippen LogP contribution < -0.4 is 10.1 Å². The summed E-state index contributed by atoms with van der Waals surface area (Å²) < 4.78 is 82.1. The highest BCUT2D eigenvalue weighted by atomic mass is 19.4. The number of methoxy groups -OCH3 is 1. The van der Waals surface area contributed by atoms with Crippen LogP contribution in [0.1, 0.15) is 15.9 Å². The first kappa shape index (κ1) is 20.6. The number of alkyl halides is 6. The van der Waals surface area contributed by atoms with Crippen molar-refractivity contribution < 1.29 is 41.0 Å². The van der Waals surface area contributed by atoms with Crippen LogP contribution in [0.5, 0.6) is 5.75 Å². The standard InChI is InChI=1S/C17H13F6NO3/c1-27-13-5-3-2-4-12(13)14(25)24-11-8-6-10(7-9-11)15(26,16(18,19)20)17(21,22)23/h2-9,26H,1H3,(H,24,25). The van der Waals surface area contributed by atoms with E-state index in [1.165, 1.54) is 19.2 Å². The molecule has 0 saturated heterocycles. The molecule has 0 heterocycles. The number of rotatable bonds is 4. The van der Waals surface area contributed by atoms with Crippen LogP contribution in [0.15, 0.2) is 48.5 Å². The monoisotopic (exact) mass is 393 g/mol. The Labute approximate surface area is 149 Å². The molecule has 4 nitrogen and oxygen atoms in total. The van der Waals surface area contributed by atoms with Crippen LogP contribution in [0.2, 0.25) is 0 Å². The molecule has 0 bridgehead atoms. The summed E-state index contributed by atoms with van der Waals surface area (Å²) >= 11 is 0. The lowest BCUT2D eigenvalue weighted by Crippen LogP contribution is -2.53. The van der Waals surface area contributed by atoms with E-state index in [0.717, 1.165) is 12.1 Å². The number of para-hydroxylation sites is 1. The summed E-state index contributed by atoms with van der Waals surface area (Å²) in [6, 6.07) is 8.63. The molecule has 146 valence electrons. The molecule has 2 rings (SSSR count). The fourth-order valence-corrected chi connectivity index (χ4v) is 2.31. The third-order valence-electron chi connectivity index (χ3n) is 3.73. The Bertz CT molecular complexity index is 801. The van der Waals surface area contributed by atoms with Gasteiger partial charge in [-0.2, -0.15) is 26.3 Å². The molecule has 27 heavy (non-hydrogen) atoms. The van der Waals surface area contributed by atoms with Crippen molar-refractivity contribution in [3.05, 3.63) is 59.7 Å². The number of carbonyl (C=O) groups excluding carboxylic acids is 1. The molecule has 0 fully saturated rings. The summed E-state index contributed by atoms with van der Waals surface area (Å²) in [5.74, 6) is -0.447.